The zero-order valence-electron chi connectivity index (χ0n) is 14.6. The summed E-state index contributed by atoms with van der Waals surface area (Å²) in [4.78, 5) is 49.1. The van der Waals surface area contributed by atoms with Gasteiger partial charge in [-0.2, -0.15) is 0 Å². The average Bonchev–Trinajstić information content (AvgIpc) is 2.90. The van der Waals surface area contributed by atoms with Crippen LogP contribution in [0.1, 0.15) is 15.9 Å². The molecule has 8 nitrogen and oxygen atoms in total. The van der Waals surface area contributed by atoms with Crippen molar-refractivity contribution in [2.45, 2.75) is 0 Å². The first-order valence-electron chi connectivity index (χ1n) is 8.11. The lowest BCUT2D eigenvalue weighted by Gasteiger charge is -2.13. The van der Waals surface area contributed by atoms with Gasteiger partial charge in [-0.15, -0.1) is 0 Å². The first kappa shape index (κ1) is 20.4. The van der Waals surface area contributed by atoms with E-state index >= 15 is 0 Å². The molecule has 1 heterocycles. The molecule has 3 rings (SSSR count). The normalized spacial score (nSPS) is 15.1. The molecule has 0 radical (unpaired) electrons. The molecule has 0 bridgehead atoms. The Kier molecular flexibility index (Phi) is 5.90. The third kappa shape index (κ3) is 4.76. The Morgan fingerprint density at radius 1 is 1.17 bits per heavy atom. The molecule has 0 aliphatic carbocycles. The van der Waals surface area contributed by atoms with Gasteiger partial charge < -0.3 is 15.5 Å². The summed E-state index contributed by atoms with van der Waals surface area (Å²) in [5.41, 5.74) is 0.234. The number of thioether (sulfide) groups is 1. The molecule has 1 fully saturated rings. The summed E-state index contributed by atoms with van der Waals surface area (Å²) in [6, 6.07) is 10.1. The predicted molar refractivity (Wildman–Crippen MR) is 108 cm³/mol. The number of anilines is 1. The van der Waals surface area contributed by atoms with Crippen LogP contribution in [0.3, 0.4) is 0 Å². The fraction of sp³-hybridized carbons (Fsp3) is 0.0526. The van der Waals surface area contributed by atoms with E-state index in [0.717, 1.165) is 11.0 Å². The maximum atomic E-state index is 12.5. The number of aromatic carboxylic acids is 1. The molecule has 3 N–H and O–H groups in total. The summed E-state index contributed by atoms with van der Waals surface area (Å²) in [6.07, 6.45) is 1.50. The van der Waals surface area contributed by atoms with Crippen molar-refractivity contribution in [3.63, 3.8) is 0 Å². The largest absolute Gasteiger partial charge is 0.508 e. The minimum Gasteiger partial charge on any atom is -0.508 e. The lowest BCUT2D eigenvalue weighted by Crippen LogP contribution is -2.36. The third-order valence-corrected chi connectivity index (χ3v) is 4.97. The second kappa shape index (κ2) is 8.38. The van der Waals surface area contributed by atoms with Gasteiger partial charge in [0, 0.05) is 5.02 Å². The average molecular weight is 433 g/mol. The highest BCUT2D eigenvalue weighted by molar-refractivity contribution is 8.18. The first-order valence-corrected chi connectivity index (χ1v) is 9.31. The van der Waals surface area contributed by atoms with E-state index in [1.165, 1.54) is 18.2 Å². The van der Waals surface area contributed by atoms with Crippen molar-refractivity contribution in [3.05, 3.63) is 63.5 Å². The van der Waals surface area contributed by atoms with E-state index in [0.29, 0.717) is 22.3 Å². The number of nitrogens with zero attached hydrogens (tertiary/aromatic N) is 1. The summed E-state index contributed by atoms with van der Waals surface area (Å²) in [7, 11) is 0. The standard InChI is InChI=1S/C19H13ClN2O6S/c20-11-3-1-2-10(6-11)7-15-17(25)22(19(28)29-15)9-16(24)21-14-5-4-12(23)8-13(14)18(26)27/h1-8,23H,9H2,(H,21,24)(H,26,27)/b15-7+. The summed E-state index contributed by atoms with van der Waals surface area (Å²) in [5.74, 6) is -3.03. The predicted octanol–water partition coefficient (Wildman–Crippen LogP) is 3.42. The Labute approximate surface area is 173 Å². The minimum absolute atomic E-state index is 0.0678. The van der Waals surface area contributed by atoms with Crippen molar-refractivity contribution in [2.24, 2.45) is 0 Å². The van der Waals surface area contributed by atoms with E-state index in [9.17, 15) is 24.3 Å². The van der Waals surface area contributed by atoms with Crippen LogP contribution in [0, 0.1) is 0 Å². The van der Waals surface area contributed by atoms with Gasteiger partial charge in [0.1, 0.15) is 12.3 Å². The van der Waals surface area contributed by atoms with Gasteiger partial charge in [-0.05, 0) is 53.7 Å². The van der Waals surface area contributed by atoms with Gasteiger partial charge in [0.05, 0.1) is 16.2 Å². The number of benzene rings is 2. The lowest BCUT2D eigenvalue weighted by atomic mass is 10.1. The van der Waals surface area contributed by atoms with Crippen molar-refractivity contribution < 1.29 is 29.4 Å². The molecule has 1 saturated heterocycles. The maximum absolute atomic E-state index is 12.5. The summed E-state index contributed by atoms with van der Waals surface area (Å²) in [6.45, 7) is -0.586. The van der Waals surface area contributed by atoms with Gasteiger partial charge in [0.15, 0.2) is 0 Å². The fourth-order valence-corrected chi connectivity index (χ4v) is 3.57. The van der Waals surface area contributed by atoms with E-state index in [2.05, 4.69) is 5.32 Å². The molecule has 10 heteroatoms. The number of carboxylic acids is 1. The van der Waals surface area contributed by atoms with Crippen LogP contribution in [0.2, 0.25) is 5.02 Å². The summed E-state index contributed by atoms with van der Waals surface area (Å²) >= 11 is 6.59. The number of carboxylic acid groups (broad SMARTS) is 1. The van der Waals surface area contributed by atoms with Gasteiger partial charge >= 0.3 is 5.97 Å². The van der Waals surface area contributed by atoms with E-state index in [1.54, 1.807) is 24.3 Å². The van der Waals surface area contributed by atoms with Gasteiger partial charge in [-0.3, -0.25) is 19.3 Å². The number of nitrogens with one attached hydrogen (secondary N) is 1. The number of halogens is 1. The first-order chi connectivity index (χ1) is 13.7. The second-order valence-corrected chi connectivity index (χ2v) is 7.34. The van der Waals surface area contributed by atoms with E-state index < -0.39 is 29.6 Å². The second-order valence-electron chi connectivity index (χ2n) is 5.91. The molecule has 148 valence electrons. The minimum atomic E-state index is -1.35. The number of hydrogen-bond acceptors (Lipinski definition) is 6. The van der Waals surface area contributed by atoms with Crippen LogP contribution in [-0.4, -0.2) is 44.7 Å². The van der Waals surface area contributed by atoms with Crippen molar-refractivity contribution in [1.29, 1.82) is 0 Å². The number of amides is 3. The monoisotopic (exact) mass is 432 g/mol. The van der Waals surface area contributed by atoms with Crippen LogP contribution < -0.4 is 5.32 Å². The topological polar surface area (TPSA) is 124 Å². The van der Waals surface area contributed by atoms with E-state index in [-0.39, 0.29) is 21.9 Å². The molecular weight excluding hydrogens is 420 g/mol. The number of phenols is 1. The maximum Gasteiger partial charge on any atom is 0.337 e. The van der Waals surface area contributed by atoms with Crippen LogP contribution in [0.25, 0.3) is 6.08 Å². The van der Waals surface area contributed by atoms with Crippen LogP contribution in [0.5, 0.6) is 5.75 Å². The fourth-order valence-electron chi connectivity index (χ4n) is 2.54. The third-order valence-electron chi connectivity index (χ3n) is 3.83. The Morgan fingerprint density at radius 3 is 2.62 bits per heavy atom. The Hall–Kier alpha value is -3.30. The van der Waals surface area contributed by atoms with Crippen molar-refractivity contribution in [2.75, 3.05) is 11.9 Å². The SMILES string of the molecule is O=C(CN1C(=O)S/C(=C/c2cccc(Cl)c2)C1=O)Nc1ccc(O)cc1C(=O)O. The van der Waals surface area contributed by atoms with Crippen molar-refractivity contribution >= 4 is 58.1 Å². The number of aromatic hydroxyl groups is 1. The van der Waals surface area contributed by atoms with Crippen LogP contribution in [-0.2, 0) is 9.59 Å². The molecule has 0 unspecified atom stereocenters. The zero-order chi connectivity index (χ0) is 21.1. The molecule has 0 atom stereocenters. The molecule has 0 spiro atoms. The molecule has 0 saturated carbocycles. The quantitative estimate of drug-likeness (QED) is 0.488. The smallest absolute Gasteiger partial charge is 0.337 e. The number of carbonyl (C=O) groups is 4. The Morgan fingerprint density at radius 2 is 1.93 bits per heavy atom. The molecule has 1 aliphatic heterocycles. The number of imide groups is 1. The Balaban J connectivity index is 1.74. The highest BCUT2D eigenvalue weighted by Gasteiger charge is 2.36. The number of rotatable bonds is 5. The molecule has 0 aromatic heterocycles. The van der Waals surface area contributed by atoms with E-state index in [4.69, 9.17) is 16.7 Å². The van der Waals surface area contributed by atoms with Gasteiger partial charge in [0.25, 0.3) is 11.1 Å². The van der Waals surface area contributed by atoms with Crippen molar-refractivity contribution in [1.82, 2.24) is 4.90 Å². The highest BCUT2D eigenvalue weighted by atomic mass is 35.5. The lowest BCUT2D eigenvalue weighted by molar-refractivity contribution is -0.127. The molecule has 2 aromatic carbocycles. The van der Waals surface area contributed by atoms with Crippen molar-refractivity contribution in [3.8, 4) is 5.75 Å². The highest BCUT2D eigenvalue weighted by Crippen LogP contribution is 2.32. The van der Waals surface area contributed by atoms with Gasteiger partial charge in [-0.25, -0.2) is 4.79 Å². The Bertz CT molecular complexity index is 1070. The number of carbonyl (C=O) groups excluding carboxylic acids is 3. The summed E-state index contributed by atoms with van der Waals surface area (Å²) < 4.78 is 0. The molecule has 1 aliphatic rings. The van der Waals surface area contributed by atoms with Gasteiger partial charge in [-0.1, -0.05) is 23.7 Å². The number of phenolic OH excluding ortho intramolecular Hbond substituents is 1. The molecule has 29 heavy (non-hydrogen) atoms. The van der Waals surface area contributed by atoms with Gasteiger partial charge in [0.2, 0.25) is 5.91 Å². The summed E-state index contributed by atoms with van der Waals surface area (Å²) in [5, 5.41) is 20.7. The number of hydrogen-bond donors (Lipinski definition) is 3. The van der Waals surface area contributed by atoms with Crippen LogP contribution in [0.15, 0.2) is 47.4 Å². The molecular formula is C19H13ClN2O6S. The molecule has 3 amide bonds. The zero-order valence-corrected chi connectivity index (χ0v) is 16.2. The van der Waals surface area contributed by atoms with Crippen LogP contribution >= 0.6 is 23.4 Å². The molecule has 2 aromatic rings. The van der Waals surface area contributed by atoms with E-state index in [1.807, 2.05) is 0 Å². The van der Waals surface area contributed by atoms with Crippen LogP contribution in [0.4, 0.5) is 10.5 Å².